The first-order valence-electron chi connectivity index (χ1n) is 6.82. The van der Waals surface area contributed by atoms with Gasteiger partial charge in [0, 0.05) is 29.2 Å². The number of aromatic hydroxyl groups is 1. The summed E-state index contributed by atoms with van der Waals surface area (Å²) < 4.78 is 5.15. The Morgan fingerprint density at radius 1 is 1.47 bits per heavy atom. The topological polar surface area (TPSA) is 32.7 Å². The highest BCUT2D eigenvalue weighted by Gasteiger charge is 2.27. The first-order chi connectivity index (χ1) is 9.02. The van der Waals surface area contributed by atoms with Crippen LogP contribution in [-0.2, 0) is 6.54 Å². The maximum atomic E-state index is 10.2. The van der Waals surface area contributed by atoms with E-state index in [0.717, 1.165) is 18.7 Å². The Bertz CT molecular complexity index is 448. The molecule has 1 N–H and O–H groups in total. The van der Waals surface area contributed by atoms with Crippen molar-refractivity contribution in [1.82, 2.24) is 4.90 Å². The SMILES string of the molecule is COc1cc(Cl)cc(CN2CCCC2C(C)C)c1O. The molecule has 0 aromatic heterocycles. The average Bonchev–Trinajstić information content (AvgIpc) is 2.81. The van der Waals surface area contributed by atoms with Crippen LogP contribution in [0.3, 0.4) is 0 Å². The van der Waals surface area contributed by atoms with Crippen molar-refractivity contribution in [3.63, 3.8) is 0 Å². The van der Waals surface area contributed by atoms with Crippen molar-refractivity contribution in [3.8, 4) is 11.5 Å². The molecule has 1 atom stereocenters. The molecule has 106 valence electrons. The first kappa shape index (κ1) is 14.5. The van der Waals surface area contributed by atoms with Gasteiger partial charge >= 0.3 is 0 Å². The number of likely N-dealkylation sites (tertiary alicyclic amines) is 1. The molecule has 1 aliphatic rings. The van der Waals surface area contributed by atoms with Crippen molar-refractivity contribution in [2.45, 2.75) is 39.3 Å². The van der Waals surface area contributed by atoms with E-state index in [1.807, 2.05) is 6.07 Å². The number of phenols is 1. The molecule has 1 unspecified atom stereocenters. The minimum atomic E-state index is 0.210. The molecule has 2 rings (SSSR count). The average molecular weight is 284 g/mol. The predicted octanol–water partition coefficient (Wildman–Crippen LogP) is 3.67. The Morgan fingerprint density at radius 3 is 2.84 bits per heavy atom. The zero-order chi connectivity index (χ0) is 14.0. The fourth-order valence-corrected chi connectivity index (χ4v) is 3.16. The molecule has 0 spiro atoms. The lowest BCUT2D eigenvalue weighted by Crippen LogP contribution is -2.32. The molecule has 3 nitrogen and oxygen atoms in total. The van der Waals surface area contributed by atoms with Gasteiger partial charge in [0.2, 0.25) is 0 Å². The van der Waals surface area contributed by atoms with Crippen LogP contribution in [0.4, 0.5) is 0 Å². The largest absolute Gasteiger partial charge is 0.504 e. The number of halogens is 1. The van der Waals surface area contributed by atoms with Crippen LogP contribution in [0.5, 0.6) is 11.5 Å². The van der Waals surface area contributed by atoms with E-state index in [1.54, 1.807) is 13.2 Å². The Morgan fingerprint density at radius 2 is 2.21 bits per heavy atom. The summed E-state index contributed by atoms with van der Waals surface area (Å²) in [4.78, 5) is 2.43. The van der Waals surface area contributed by atoms with Crippen molar-refractivity contribution in [2.24, 2.45) is 5.92 Å². The molecule has 1 heterocycles. The van der Waals surface area contributed by atoms with E-state index in [9.17, 15) is 5.11 Å². The Kier molecular flexibility index (Phi) is 4.58. The molecule has 0 radical (unpaired) electrons. The summed E-state index contributed by atoms with van der Waals surface area (Å²) in [6.07, 6.45) is 2.46. The summed E-state index contributed by atoms with van der Waals surface area (Å²) in [6, 6.07) is 4.06. The number of phenolic OH excluding ortho intramolecular Hbond substituents is 1. The van der Waals surface area contributed by atoms with Crippen molar-refractivity contribution in [3.05, 3.63) is 22.7 Å². The molecule has 0 amide bonds. The third-order valence-electron chi connectivity index (χ3n) is 3.90. The van der Waals surface area contributed by atoms with E-state index in [0.29, 0.717) is 22.7 Å². The molecule has 1 aromatic carbocycles. The van der Waals surface area contributed by atoms with Crippen LogP contribution in [0.25, 0.3) is 0 Å². The second kappa shape index (κ2) is 6.02. The summed E-state index contributed by atoms with van der Waals surface area (Å²) in [5.41, 5.74) is 0.844. The van der Waals surface area contributed by atoms with E-state index in [2.05, 4.69) is 18.7 Å². The van der Waals surface area contributed by atoms with E-state index in [1.165, 1.54) is 12.8 Å². The predicted molar refractivity (Wildman–Crippen MR) is 77.9 cm³/mol. The molecule has 1 aromatic rings. The van der Waals surface area contributed by atoms with Gasteiger partial charge < -0.3 is 9.84 Å². The van der Waals surface area contributed by atoms with E-state index < -0.39 is 0 Å². The molecule has 0 saturated carbocycles. The number of hydrogen-bond donors (Lipinski definition) is 1. The first-order valence-corrected chi connectivity index (χ1v) is 7.20. The van der Waals surface area contributed by atoms with Gasteiger partial charge in [0.15, 0.2) is 11.5 Å². The minimum Gasteiger partial charge on any atom is -0.504 e. The highest BCUT2D eigenvalue weighted by molar-refractivity contribution is 6.30. The van der Waals surface area contributed by atoms with E-state index in [-0.39, 0.29) is 5.75 Å². The van der Waals surface area contributed by atoms with Crippen LogP contribution in [0.15, 0.2) is 12.1 Å². The molecule has 4 heteroatoms. The third kappa shape index (κ3) is 3.15. The molecular formula is C15H22ClNO2. The van der Waals surface area contributed by atoms with Crippen molar-refractivity contribution >= 4 is 11.6 Å². The summed E-state index contributed by atoms with van der Waals surface area (Å²) in [7, 11) is 1.54. The number of rotatable bonds is 4. The number of methoxy groups -OCH3 is 1. The van der Waals surface area contributed by atoms with Gasteiger partial charge in [-0.2, -0.15) is 0 Å². The maximum Gasteiger partial charge on any atom is 0.162 e. The van der Waals surface area contributed by atoms with Crippen molar-refractivity contribution in [1.29, 1.82) is 0 Å². The summed E-state index contributed by atoms with van der Waals surface area (Å²) >= 11 is 6.08. The minimum absolute atomic E-state index is 0.210. The second-order valence-electron chi connectivity index (χ2n) is 5.54. The number of hydrogen-bond acceptors (Lipinski definition) is 3. The molecule has 19 heavy (non-hydrogen) atoms. The van der Waals surface area contributed by atoms with Crippen LogP contribution in [0.2, 0.25) is 5.02 Å². The summed E-state index contributed by atoms with van der Waals surface area (Å²) in [6.45, 7) is 6.31. The lowest BCUT2D eigenvalue weighted by atomic mass is 10.0. The second-order valence-corrected chi connectivity index (χ2v) is 5.98. The number of benzene rings is 1. The monoisotopic (exact) mass is 283 g/mol. The van der Waals surface area contributed by atoms with Crippen LogP contribution in [-0.4, -0.2) is 29.7 Å². The van der Waals surface area contributed by atoms with E-state index >= 15 is 0 Å². The van der Waals surface area contributed by atoms with Gasteiger partial charge in [-0.1, -0.05) is 25.4 Å². The highest BCUT2D eigenvalue weighted by atomic mass is 35.5. The number of nitrogens with zero attached hydrogens (tertiary/aromatic N) is 1. The molecule has 0 aliphatic carbocycles. The standard InChI is InChI=1S/C15H22ClNO2/c1-10(2)13-5-4-6-17(13)9-11-7-12(16)8-14(19-3)15(11)18/h7-8,10,13,18H,4-6,9H2,1-3H3. The maximum absolute atomic E-state index is 10.2. The van der Waals surface area contributed by atoms with Crippen LogP contribution in [0.1, 0.15) is 32.3 Å². The molecular weight excluding hydrogens is 262 g/mol. The van der Waals surface area contributed by atoms with Crippen LogP contribution in [0, 0.1) is 5.92 Å². The lowest BCUT2D eigenvalue weighted by Gasteiger charge is -2.28. The molecule has 1 aliphatic heterocycles. The Hall–Kier alpha value is -0.930. The van der Waals surface area contributed by atoms with Crippen molar-refractivity contribution in [2.75, 3.05) is 13.7 Å². The van der Waals surface area contributed by atoms with E-state index in [4.69, 9.17) is 16.3 Å². The smallest absolute Gasteiger partial charge is 0.162 e. The van der Waals surface area contributed by atoms with Crippen LogP contribution >= 0.6 is 11.6 Å². The van der Waals surface area contributed by atoms with Gasteiger partial charge in [-0.25, -0.2) is 0 Å². The Balaban J connectivity index is 2.21. The van der Waals surface area contributed by atoms with Crippen molar-refractivity contribution < 1.29 is 9.84 Å². The van der Waals surface area contributed by atoms with Crippen LogP contribution < -0.4 is 4.74 Å². The van der Waals surface area contributed by atoms with Gasteiger partial charge in [-0.15, -0.1) is 0 Å². The normalized spacial score (nSPS) is 20.2. The summed E-state index contributed by atoms with van der Waals surface area (Å²) in [5.74, 6) is 1.29. The van der Waals surface area contributed by atoms with Gasteiger partial charge in [0.05, 0.1) is 7.11 Å². The molecule has 0 bridgehead atoms. The lowest BCUT2D eigenvalue weighted by molar-refractivity contribution is 0.196. The molecule has 1 fully saturated rings. The Labute approximate surface area is 120 Å². The van der Waals surface area contributed by atoms with Gasteiger partial charge in [-0.3, -0.25) is 4.90 Å². The molecule has 1 saturated heterocycles. The number of ether oxygens (including phenoxy) is 1. The zero-order valence-electron chi connectivity index (χ0n) is 11.8. The van der Waals surface area contributed by atoms with Gasteiger partial charge in [0.1, 0.15) is 0 Å². The zero-order valence-corrected chi connectivity index (χ0v) is 12.6. The quantitative estimate of drug-likeness (QED) is 0.915. The fraction of sp³-hybridized carbons (Fsp3) is 0.600. The third-order valence-corrected chi connectivity index (χ3v) is 4.11. The van der Waals surface area contributed by atoms with Gasteiger partial charge in [0.25, 0.3) is 0 Å². The fourth-order valence-electron chi connectivity index (χ4n) is 2.93. The van der Waals surface area contributed by atoms with Gasteiger partial charge in [-0.05, 0) is 31.4 Å². The summed E-state index contributed by atoms with van der Waals surface area (Å²) in [5, 5.41) is 10.8. The highest BCUT2D eigenvalue weighted by Crippen LogP contribution is 2.36.